The molecule has 3 nitrogen and oxygen atoms in total. The molecule has 3 rings (SSSR count). The third-order valence-corrected chi connectivity index (χ3v) is 4.03. The van der Waals surface area contributed by atoms with Crippen LogP contribution in [0.5, 0.6) is 0 Å². The van der Waals surface area contributed by atoms with Crippen molar-refractivity contribution in [3.63, 3.8) is 0 Å². The molecule has 1 aromatic heterocycles. The van der Waals surface area contributed by atoms with Crippen LogP contribution in [-0.2, 0) is 6.42 Å². The number of nitriles is 1. The summed E-state index contributed by atoms with van der Waals surface area (Å²) in [5, 5.41) is 8.85. The molecule has 0 amide bonds. The van der Waals surface area contributed by atoms with Gasteiger partial charge in [-0.05, 0) is 38.3 Å². The molecule has 1 aromatic carbocycles. The summed E-state index contributed by atoms with van der Waals surface area (Å²) in [6.07, 6.45) is 2.28. The van der Waals surface area contributed by atoms with Crippen LogP contribution < -0.4 is 5.56 Å². The van der Waals surface area contributed by atoms with Crippen LogP contribution in [0.3, 0.4) is 0 Å². The summed E-state index contributed by atoms with van der Waals surface area (Å²) in [6, 6.07) is 12.5. The minimum atomic E-state index is -0.00322. The molecule has 21 heavy (non-hydrogen) atoms. The minimum Gasteiger partial charge on any atom is -0.305 e. The fourth-order valence-electron chi connectivity index (χ4n) is 2.83. The molecule has 1 heterocycles. The molecule has 1 aliphatic carbocycles. The maximum atomic E-state index is 12.6. The quantitative estimate of drug-likeness (QED) is 0.862. The third-order valence-electron chi connectivity index (χ3n) is 4.03. The highest BCUT2D eigenvalue weighted by molar-refractivity contribution is 5.65. The second-order valence-corrected chi connectivity index (χ2v) is 5.80. The summed E-state index contributed by atoms with van der Waals surface area (Å²) in [6.45, 7) is 4.15. The Kier molecular flexibility index (Phi) is 3.39. The molecule has 0 unspecified atom stereocenters. The number of hydrogen-bond acceptors (Lipinski definition) is 2. The number of benzene rings is 1. The highest BCUT2D eigenvalue weighted by Crippen LogP contribution is 2.37. The predicted molar refractivity (Wildman–Crippen MR) is 83.2 cm³/mol. The lowest BCUT2D eigenvalue weighted by molar-refractivity contribution is 0.707. The van der Waals surface area contributed by atoms with E-state index in [2.05, 4.69) is 38.1 Å². The normalized spacial score (nSPS) is 14.0. The largest absolute Gasteiger partial charge is 0.305 e. The molecular weight excluding hydrogens is 260 g/mol. The van der Waals surface area contributed by atoms with Gasteiger partial charge in [-0.3, -0.25) is 4.79 Å². The molecule has 0 saturated heterocycles. The Morgan fingerprint density at radius 1 is 1.24 bits per heavy atom. The number of hydrogen-bond donors (Lipinski definition) is 0. The monoisotopic (exact) mass is 278 g/mol. The molecule has 2 aromatic rings. The van der Waals surface area contributed by atoms with Crippen molar-refractivity contribution in [3.8, 4) is 17.3 Å². The first kappa shape index (κ1) is 13.6. The minimum absolute atomic E-state index is 0.00322. The Bertz CT molecular complexity index is 792. The van der Waals surface area contributed by atoms with E-state index in [1.807, 2.05) is 10.6 Å². The Morgan fingerprint density at radius 3 is 2.62 bits per heavy atom. The van der Waals surface area contributed by atoms with Crippen molar-refractivity contribution in [2.24, 2.45) is 0 Å². The number of nitrogens with zero attached hydrogens (tertiary/aromatic N) is 2. The van der Waals surface area contributed by atoms with E-state index in [0.29, 0.717) is 11.6 Å². The first-order valence-electron chi connectivity index (χ1n) is 7.31. The molecule has 0 spiro atoms. The van der Waals surface area contributed by atoms with Crippen molar-refractivity contribution in [2.45, 2.75) is 39.2 Å². The Morgan fingerprint density at radius 2 is 2.00 bits per heavy atom. The van der Waals surface area contributed by atoms with Crippen LogP contribution in [0.2, 0.25) is 0 Å². The smallest absolute Gasteiger partial charge is 0.255 e. The molecule has 0 atom stereocenters. The standard InChI is InChI=1S/C18H18N2O/c1-12-3-7-16(13(2)11-12)17-8-4-14(9-10-19)18(21)20(17)15-5-6-15/h3-4,7-8,11,15H,5-6,9H2,1-2H3. The van der Waals surface area contributed by atoms with E-state index >= 15 is 0 Å². The van der Waals surface area contributed by atoms with Crippen LogP contribution in [0.25, 0.3) is 11.3 Å². The number of aryl methyl sites for hydroxylation is 2. The van der Waals surface area contributed by atoms with Crippen LogP contribution in [0.15, 0.2) is 35.1 Å². The molecule has 0 bridgehead atoms. The van der Waals surface area contributed by atoms with Gasteiger partial charge in [0.1, 0.15) is 0 Å². The van der Waals surface area contributed by atoms with Gasteiger partial charge in [0.15, 0.2) is 0 Å². The average Bonchev–Trinajstić information content (AvgIpc) is 3.26. The summed E-state index contributed by atoms with van der Waals surface area (Å²) < 4.78 is 1.89. The lowest BCUT2D eigenvalue weighted by atomic mass is 10.0. The molecular formula is C18H18N2O. The molecule has 0 aliphatic heterocycles. The molecule has 1 fully saturated rings. The molecule has 106 valence electrons. The second-order valence-electron chi connectivity index (χ2n) is 5.80. The van der Waals surface area contributed by atoms with Gasteiger partial charge in [-0.25, -0.2) is 0 Å². The van der Waals surface area contributed by atoms with E-state index in [4.69, 9.17) is 5.26 Å². The fourth-order valence-corrected chi connectivity index (χ4v) is 2.83. The zero-order valence-electron chi connectivity index (χ0n) is 12.4. The predicted octanol–water partition coefficient (Wildman–Crippen LogP) is 3.53. The van der Waals surface area contributed by atoms with E-state index in [1.165, 1.54) is 11.1 Å². The Labute approximate surface area is 124 Å². The van der Waals surface area contributed by atoms with E-state index < -0.39 is 0 Å². The first-order chi connectivity index (χ1) is 10.1. The summed E-state index contributed by atoms with van der Waals surface area (Å²) >= 11 is 0. The summed E-state index contributed by atoms with van der Waals surface area (Å²) in [7, 11) is 0. The maximum absolute atomic E-state index is 12.6. The average molecular weight is 278 g/mol. The van der Waals surface area contributed by atoms with Crippen LogP contribution in [0.4, 0.5) is 0 Å². The van der Waals surface area contributed by atoms with E-state index in [9.17, 15) is 4.79 Å². The molecule has 0 N–H and O–H groups in total. The number of pyridine rings is 1. The van der Waals surface area contributed by atoms with Crippen molar-refractivity contribution >= 4 is 0 Å². The van der Waals surface area contributed by atoms with Gasteiger partial charge in [0.25, 0.3) is 5.56 Å². The molecule has 3 heteroatoms. The van der Waals surface area contributed by atoms with Crippen LogP contribution >= 0.6 is 0 Å². The van der Waals surface area contributed by atoms with Crippen molar-refractivity contribution < 1.29 is 0 Å². The zero-order chi connectivity index (χ0) is 15.0. The van der Waals surface area contributed by atoms with E-state index in [0.717, 1.165) is 24.1 Å². The van der Waals surface area contributed by atoms with Crippen molar-refractivity contribution in [1.29, 1.82) is 5.26 Å². The van der Waals surface area contributed by atoms with Crippen LogP contribution in [0.1, 0.15) is 35.6 Å². The van der Waals surface area contributed by atoms with Crippen molar-refractivity contribution in [2.75, 3.05) is 0 Å². The highest BCUT2D eigenvalue weighted by atomic mass is 16.1. The zero-order valence-corrected chi connectivity index (χ0v) is 12.4. The van der Waals surface area contributed by atoms with Gasteiger partial charge in [-0.1, -0.05) is 29.8 Å². The number of rotatable bonds is 3. The second kappa shape index (κ2) is 5.21. The number of aromatic nitrogens is 1. The molecule has 0 radical (unpaired) electrons. The van der Waals surface area contributed by atoms with Crippen molar-refractivity contribution in [1.82, 2.24) is 4.57 Å². The summed E-state index contributed by atoms with van der Waals surface area (Å²) in [5.74, 6) is 0. The lowest BCUT2D eigenvalue weighted by Crippen LogP contribution is -2.24. The summed E-state index contributed by atoms with van der Waals surface area (Å²) in [5.41, 5.74) is 5.07. The van der Waals surface area contributed by atoms with Crippen LogP contribution in [0, 0.1) is 25.2 Å². The summed E-state index contributed by atoms with van der Waals surface area (Å²) in [4.78, 5) is 12.6. The topological polar surface area (TPSA) is 45.8 Å². The van der Waals surface area contributed by atoms with E-state index in [-0.39, 0.29) is 12.0 Å². The Balaban J connectivity index is 2.21. The van der Waals surface area contributed by atoms with E-state index in [1.54, 1.807) is 6.07 Å². The molecule has 1 saturated carbocycles. The fraction of sp³-hybridized carbons (Fsp3) is 0.333. The SMILES string of the molecule is Cc1ccc(-c2ccc(CC#N)c(=O)n2C2CC2)c(C)c1. The van der Waals surface area contributed by atoms with Gasteiger partial charge in [0.2, 0.25) is 0 Å². The van der Waals surface area contributed by atoms with Gasteiger partial charge in [-0.15, -0.1) is 0 Å². The van der Waals surface area contributed by atoms with Gasteiger partial charge in [0.05, 0.1) is 18.2 Å². The lowest BCUT2D eigenvalue weighted by Gasteiger charge is -2.15. The maximum Gasteiger partial charge on any atom is 0.255 e. The first-order valence-corrected chi connectivity index (χ1v) is 7.31. The van der Waals surface area contributed by atoms with Gasteiger partial charge in [-0.2, -0.15) is 5.26 Å². The van der Waals surface area contributed by atoms with Crippen molar-refractivity contribution in [3.05, 3.63) is 57.4 Å². The van der Waals surface area contributed by atoms with Gasteiger partial charge >= 0.3 is 0 Å². The van der Waals surface area contributed by atoms with Gasteiger partial charge < -0.3 is 4.57 Å². The Hall–Kier alpha value is -2.34. The van der Waals surface area contributed by atoms with Crippen LogP contribution in [-0.4, -0.2) is 4.57 Å². The third kappa shape index (κ3) is 2.50. The van der Waals surface area contributed by atoms with Gasteiger partial charge in [0, 0.05) is 17.2 Å². The molecule has 1 aliphatic rings. The highest BCUT2D eigenvalue weighted by Gasteiger charge is 2.28.